The van der Waals surface area contributed by atoms with Crippen LogP contribution in [-0.4, -0.2) is 74.8 Å². The van der Waals surface area contributed by atoms with Crippen molar-refractivity contribution in [3.63, 3.8) is 0 Å². The molecule has 0 radical (unpaired) electrons. The Hall–Kier alpha value is -3.06. The van der Waals surface area contributed by atoms with Crippen LogP contribution in [0.5, 0.6) is 0 Å². The van der Waals surface area contributed by atoms with Gasteiger partial charge in [-0.3, -0.25) is 19.8 Å². The number of ether oxygens (including phenoxy) is 1. The summed E-state index contributed by atoms with van der Waals surface area (Å²) in [6.07, 6.45) is -2.27. The number of alkyl halides is 3. The number of aliphatic hydroxyl groups is 1. The first-order chi connectivity index (χ1) is 17.1. The first kappa shape index (κ1) is 24.6. The molecule has 190 valence electrons. The predicted molar refractivity (Wildman–Crippen MR) is 119 cm³/mol. The second kappa shape index (κ2) is 9.11. The van der Waals surface area contributed by atoms with Gasteiger partial charge in [-0.1, -0.05) is 23.7 Å². The van der Waals surface area contributed by atoms with Crippen molar-refractivity contribution >= 4 is 17.5 Å². The number of fused-ring (bicyclic) bond motifs is 1. The highest BCUT2D eigenvalue weighted by Crippen LogP contribution is 2.35. The fraction of sp³-hybridized carbons (Fsp3) is 0.348. The van der Waals surface area contributed by atoms with Crippen LogP contribution >= 0.6 is 11.6 Å². The van der Waals surface area contributed by atoms with Crippen molar-refractivity contribution in [3.05, 3.63) is 70.5 Å². The van der Waals surface area contributed by atoms with Crippen molar-refractivity contribution in [2.75, 3.05) is 32.8 Å². The van der Waals surface area contributed by atoms with Gasteiger partial charge >= 0.3 is 6.18 Å². The van der Waals surface area contributed by atoms with Gasteiger partial charge in [0.05, 0.1) is 35.3 Å². The van der Waals surface area contributed by atoms with Gasteiger partial charge in [-0.15, -0.1) is 5.10 Å². The molecular weight excluding hydrogens is 506 g/mol. The highest BCUT2D eigenvalue weighted by atomic mass is 35.5. The second-order valence-corrected chi connectivity index (χ2v) is 9.04. The molecule has 1 amide bonds. The molecule has 5 rings (SSSR count). The fourth-order valence-corrected chi connectivity index (χ4v) is 4.81. The van der Waals surface area contributed by atoms with Gasteiger partial charge in [0.2, 0.25) is 11.7 Å². The molecule has 2 fully saturated rings. The molecule has 0 saturated carbocycles. The van der Waals surface area contributed by atoms with Crippen molar-refractivity contribution in [2.45, 2.75) is 18.0 Å². The summed E-state index contributed by atoms with van der Waals surface area (Å²) in [5.41, 5.74) is -0.246. The van der Waals surface area contributed by atoms with Crippen LogP contribution in [0.4, 0.5) is 17.6 Å². The largest absolute Gasteiger partial charge is 0.433 e. The number of aromatic amines is 1. The molecule has 13 heteroatoms. The third kappa shape index (κ3) is 4.45. The molecule has 2 atom stereocenters. The minimum atomic E-state index is -4.59. The maximum atomic E-state index is 14.0. The Bertz CT molecular complexity index is 1290. The van der Waals surface area contributed by atoms with Crippen LogP contribution in [0.1, 0.15) is 21.6 Å². The minimum Gasteiger partial charge on any atom is -0.361 e. The molecule has 0 bridgehead atoms. The summed E-state index contributed by atoms with van der Waals surface area (Å²) in [5, 5.41) is 17.0. The molecule has 0 spiro atoms. The van der Waals surface area contributed by atoms with E-state index in [1.165, 1.54) is 6.20 Å². The number of morpholine rings is 1. The summed E-state index contributed by atoms with van der Waals surface area (Å²) in [6.45, 7) is 1.03. The number of nitrogens with one attached hydrogen (secondary N) is 1. The molecule has 0 unspecified atom stereocenters. The normalized spacial score (nSPS) is 22.9. The van der Waals surface area contributed by atoms with E-state index in [2.05, 4.69) is 15.2 Å². The molecular formula is C23H20ClF4N5O3. The molecule has 0 aliphatic carbocycles. The van der Waals surface area contributed by atoms with E-state index in [1.54, 1.807) is 23.1 Å². The van der Waals surface area contributed by atoms with Crippen LogP contribution in [-0.2, 0) is 16.7 Å². The van der Waals surface area contributed by atoms with Gasteiger partial charge in [-0.2, -0.15) is 17.6 Å². The van der Waals surface area contributed by atoms with Crippen molar-refractivity contribution < 1.29 is 32.2 Å². The summed E-state index contributed by atoms with van der Waals surface area (Å²) in [7, 11) is 0. The first-order valence-electron chi connectivity index (χ1n) is 11.0. The SMILES string of the molecule is O=C(c1cccc(-c2c[nH]nc2F)c1Cl)N1CCN2C[C@@](O)(c3ccc(C(F)(F)F)nc3)OC[C@@H]2C1. The van der Waals surface area contributed by atoms with Gasteiger partial charge in [0, 0.05) is 43.2 Å². The molecule has 2 saturated heterocycles. The number of amides is 1. The molecule has 2 aromatic heterocycles. The number of benzene rings is 1. The number of halogens is 5. The van der Waals surface area contributed by atoms with Crippen LogP contribution in [0.15, 0.2) is 42.7 Å². The highest BCUT2D eigenvalue weighted by Gasteiger charge is 2.44. The third-order valence-electron chi connectivity index (χ3n) is 6.44. The lowest BCUT2D eigenvalue weighted by molar-refractivity contribution is -0.265. The summed E-state index contributed by atoms with van der Waals surface area (Å²) < 4.78 is 58.1. The molecule has 2 aliphatic rings. The summed E-state index contributed by atoms with van der Waals surface area (Å²) in [4.78, 5) is 20.2. The number of hydrogen-bond acceptors (Lipinski definition) is 6. The van der Waals surface area contributed by atoms with Crippen molar-refractivity contribution in [1.82, 2.24) is 25.0 Å². The Balaban J connectivity index is 1.29. The molecule has 2 N–H and O–H groups in total. The lowest BCUT2D eigenvalue weighted by Gasteiger charge is -2.48. The van der Waals surface area contributed by atoms with Crippen molar-refractivity contribution in [3.8, 4) is 11.1 Å². The summed E-state index contributed by atoms with van der Waals surface area (Å²) >= 11 is 6.47. The zero-order chi connectivity index (χ0) is 25.7. The topological polar surface area (TPSA) is 94.6 Å². The van der Waals surface area contributed by atoms with E-state index in [0.717, 1.165) is 18.3 Å². The van der Waals surface area contributed by atoms with Gasteiger partial charge in [0.25, 0.3) is 5.91 Å². The van der Waals surface area contributed by atoms with Crippen LogP contribution in [0, 0.1) is 5.95 Å². The van der Waals surface area contributed by atoms with E-state index in [0.29, 0.717) is 18.7 Å². The Kier molecular flexibility index (Phi) is 6.23. The van der Waals surface area contributed by atoms with Gasteiger partial charge in [0.1, 0.15) is 5.69 Å². The first-order valence-corrected chi connectivity index (χ1v) is 11.4. The lowest BCUT2D eigenvalue weighted by Crippen LogP contribution is -2.63. The number of rotatable bonds is 3. The predicted octanol–water partition coefficient (Wildman–Crippen LogP) is 3.28. The Morgan fingerprint density at radius 2 is 2.03 bits per heavy atom. The minimum absolute atomic E-state index is 0.00273. The van der Waals surface area contributed by atoms with Gasteiger partial charge < -0.3 is 14.7 Å². The van der Waals surface area contributed by atoms with E-state index in [1.807, 2.05) is 4.90 Å². The number of piperazine rings is 1. The molecule has 8 nitrogen and oxygen atoms in total. The van der Waals surface area contributed by atoms with Crippen molar-refractivity contribution in [2.24, 2.45) is 0 Å². The van der Waals surface area contributed by atoms with Crippen molar-refractivity contribution in [1.29, 1.82) is 0 Å². The van der Waals surface area contributed by atoms with Gasteiger partial charge in [0.15, 0.2) is 0 Å². The number of carbonyl (C=O) groups excluding carboxylic acids is 1. The smallest absolute Gasteiger partial charge is 0.361 e. The van der Waals surface area contributed by atoms with Gasteiger partial charge in [-0.05, 0) is 18.2 Å². The quantitative estimate of drug-likeness (QED) is 0.510. The number of H-pyrrole nitrogens is 1. The maximum Gasteiger partial charge on any atom is 0.433 e. The fourth-order valence-electron chi connectivity index (χ4n) is 4.50. The number of carbonyl (C=O) groups is 1. The Labute approximate surface area is 207 Å². The molecule has 36 heavy (non-hydrogen) atoms. The summed E-state index contributed by atoms with van der Waals surface area (Å²) in [6, 6.07) is 6.46. The maximum absolute atomic E-state index is 14.0. The lowest BCUT2D eigenvalue weighted by atomic mass is 10.0. The monoisotopic (exact) mass is 525 g/mol. The van der Waals surface area contributed by atoms with E-state index in [4.69, 9.17) is 16.3 Å². The molecule has 1 aromatic carbocycles. The van der Waals surface area contributed by atoms with Crippen LogP contribution in [0.2, 0.25) is 5.02 Å². The second-order valence-electron chi connectivity index (χ2n) is 8.66. The van der Waals surface area contributed by atoms with E-state index < -0.39 is 23.6 Å². The number of pyridine rings is 1. The zero-order valence-electron chi connectivity index (χ0n) is 18.6. The van der Waals surface area contributed by atoms with Crippen LogP contribution in [0.3, 0.4) is 0 Å². The highest BCUT2D eigenvalue weighted by molar-refractivity contribution is 6.36. The third-order valence-corrected chi connectivity index (χ3v) is 6.85. The standard InChI is InChI=1S/C23H20ClF4N5O3/c24-19-15(17-9-30-31-20(17)25)2-1-3-16(19)21(34)32-6-7-33-12-22(35,36-11-14(33)10-32)13-4-5-18(29-8-13)23(26,27)28/h1-5,8-9,14,35H,6-7,10-12H2,(H,30,31)/t14-,22-/m0/s1. The Morgan fingerprint density at radius 1 is 1.22 bits per heavy atom. The van der Waals surface area contributed by atoms with E-state index >= 15 is 0 Å². The molecule has 2 aliphatic heterocycles. The zero-order valence-corrected chi connectivity index (χ0v) is 19.4. The van der Waals surface area contributed by atoms with Crippen LogP contribution < -0.4 is 0 Å². The van der Waals surface area contributed by atoms with Crippen LogP contribution in [0.25, 0.3) is 11.1 Å². The molecule has 4 heterocycles. The average molecular weight is 526 g/mol. The van der Waals surface area contributed by atoms with Gasteiger partial charge in [-0.25, -0.2) is 0 Å². The van der Waals surface area contributed by atoms with E-state index in [9.17, 15) is 27.5 Å². The molecule has 3 aromatic rings. The average Bonchev–Trinajstić information content (AvgIpc) is 3.28. The van der Waals surface area contributed by atoms with E-state index in [-0.39, 0.29) is 53.4 Å². The Morgan fingerprint density at radius 3 is 2.69 bits per heavy atom. The number of hydrogen-bond donors (Lipinski definition) is 2. The summed E-state index contributed by atoms with van der Waals surface area (Å²) in [5.74, 6) is -2.89. The number of nitrogens with zero attached hydrogens (tertiary/aromatic N) is 4. The number of aromatic nitrogens is 3.